The third-order valence-electron chi connectivity index (χ3n) is 2.02. The summed E-state index contributed by atoms with van der Waals surface area (Å²) >= 11 is 0. The third kappa shape index (κ3) is 3.89. The summed E-state index contributed by atoms with van der Waals surface area (Å²) in [5, 5.41) is 2.68. The van der Waals surface area contributed by atoms with Crippen LogP contribution < -0.4 is 5.32 Å². The fraction of sp³-hybridized carbons (Fsp3) is 0.364. The Bertz CT molecular complexity index is 375. The van der Waals surface area contributed by atoms with E-state index >= 15 is 0 Å². The fourth-order valence-corrected chi connectivity index (χ4v) is 1.18. The van der Waals surface area contributed by atoms with Crippen molar-refractivity contribution in [2.45, 2.75) is 26.8 Å². The molecule has 0 bridgehead atoms. The Morgan fingerprint density at radius 2 is 2.20 bits per heavy atom. The quantitative estimate of drug-likeness (QED) is 0.747. The van der Waals surface area contributed by atoms with E-state index in [0.29, 0.717) is 6.54 Å². The molecule has 0 aromatic carbocycles. The highest BCUT2D eigenvalue weighted by molar-refractivity contribution is 5.96. The average Bonchev–Trinajstić information content (AvgIpc) is 2.15. The summed E-state index contributed by atoms with van der Waals surface area (Å²) in [7, 11) is 0. The largest absolute Gasteiger partial charge is 0.352 e. The number of pyridine rings is 1. The number of nitrogens with one attached hydrogen (secondary N) is 1. The molecule has 0 aliphatic heterocycles. The highest BCUT2D eigenvalue weighted by Gasteiger charge is 2.05. The predicted octanol–water partition coefficient (Wildman–Crippen LogP) is 0.985. The molecule has 4 nitrogen and oxygen atoms in total. The molecule has 0 saturated heterocycles. The van der Waals surface area contributed by atoms with Crippen molar-refractivity contribution in [2.75, 3.05) is 0 Å². The number of aryl methyl sites for hydroxylation is 1. The predicted molar refractivity (Wildman–Crippen MR) is 56.1 cm³/mol. The summed E-state index contributed by atoms with van der Waals surface area (Å²) in [4.78, 5) is 25.8. The van der Waals surface area contributed by atoms with E-state index in [9.17, 15) is 9.59 Å². The smallest absolute Gasteiger partial charge is 0.227 e. The fourth-order valence-electron chi connectivity index (χ4n) is 1.18. The van der Waals surface area contributed by atoms with E-state index in [-0.39, 0.29) is 18.1 Å². The van der Waals surface area contributed by atoms with Crippen molar-refractivity contribution in [3.63, 3.8) is 0 Å². The average molecular weight is 206 g/mol. The standard InChI is InChI=1S/C11H14N2O2/c1-8-6-12-4-3-10(8)7-13-11(15)5-9(2)14/h3-4,6H,5,7H2,1-2H3,(H,13,15). The number of carbonyl (C=O) groups excluding carboxylic acids is 2. The van der Waals surface area contributed by atoms with Crippen LogP contribution in [-0.2, 0) is 16.1 Å². The van der Waals surface area contributed by atoms with Crippen LogP contribution in [0.5, 0.6) is 0 Å². The maximum atomic E-state index is 11.2. The topological polar surface area (TPSA) is 59.1 Å². The van der Waals surface area contributed by atoms with Gasteiger partial charge < -0.3 is 5.32 Å². The van der Waals surface area contributed by atoms with Gasteiger partial charge in [-0.3, -0.25) is 14.6 Å². The Labute approximate surface area is 88.7 Å². The van der Waals surface area contributed by atoms with Crippen molar-refractivity contribution in [3.05, 3.63) is 29.6 Å². The molecule has 1 amide bonds. The lowest BCUT2D eigenvalue weighted by atomic mass is 10.1. The lowest BCUT2D eigenvalue weighted by molar-refractivity contribution is -0.127. The second kappa shape index (κ2) is 5.24. The summed E-state index contributed by atoms with van der Waals surface area (Å²) in [6, 6.07) is 1.85. The second-order valence-corrected chi connectivity index (χ2v) is 3.46. The Morgan fingerprint density at radius 3 is 2.80 bits per heavy atom. The number of nitrogens with zero attached hydrogens (tertiary/aromatic N) is 1. The minimum absolute atomic E-state index is 0.0515. The zero-order valence-corrected chi connectivity index (χ0v) is 8.91. The van der Waals surface area contributed by atoms with E-state index in [4.69, 9.17) is 0 Å². The first-order chi connectivity index (χ1) is 7.09. The molecule has 80 valence electrons. The van der Waals surface area contributed by atoms with E-state index < -0.39 is 0 Å². The summed E-state index contributed by atoms with van der Waals surface area (Å²) in [6.45, 7) is 3.77. The summed E-state index contributed by atoms with van der Waals surface area (Å²) in [5.41, 5.74) is 2.04. The van der Waals surface area contributed by atoms with Crippen molar-refractivity contribution >= 4 is 11.7 Å². The van der Waals surface area contributed by atoms with Gasteiger partial charge in [0.15, 0.2) is 0 Å². The SMILES string of the molecule is CC(=O)CC(=O)NCc1ccncc1C. The molecule has 15 heavy (non-hydrogen) atoms. The number of rotatable bonds is 4. The minimum atomic E-state index is -0.237. The van der Waals surface area contributed by atoms with Crippen LogP contribution in [0.3, 0.4) is 0 Å². The Morgan fingerprint density at radius 1 is 1.47 bits per heavy atom. The van der Waals surface area contributed by atoms with Gasteiger partial charge in [-0.25, -0.2) is 0 Å². The monoisotopic (exact) mass is 206 g/mol. The van der Waals surface area contributed by atoms with Crippen LogP contribution in [0.4, 0.5) is 0 Å². The molecule has 0 atom stereocenters. The van der Waals surface area contributed by atoms with Gasteiger partial charge in [-0.05, 0) is 31.0 Å². The molecule has 4 heteroatoms. The van der Waals surface area contributed by atoms with Crippen LogP contribution in [0.2, 0.25) is 0 Å². The number of Topliss-reactive ketones (excluding diaryl/α,β-unsaturated/α-hetero) is 1. The molecule has 1 aromatic heterocycles. The molecule has 0 spiro atoms. The van der Waals surface area contributed by atoms with Gasteiger partial charge in [-0.2, -0.15) is 0 Å². The van der Waals surface area contributed by atoms with Gasteiger partial charge in [0.1, 0.15) is 5.78 Å². The zero-order chi connectivity index (χ0) is 11.3. The minimum Gasteiger partial charge on any atom is -0.352 e. The maximum Gasteiger partial charge on any atom is 0.227 e. The molecular formula is C11H14N2O2. The van der Waals surface area contributed by atoms with Gasteiger partial charge in [-0.15, -0.1) is 0 Å². The normalized spacial score (nSPS) is 9.73. The number of carbonyl (C=O) groups is 2. The lowest BCUT2D eigenvalue weighted by Gasteiger charge is -2.06. The van der Waals surface area contributed by atoms with Gasteiger partial charge in [0.2, 0.25) is 5.91 Å². The van der Waals surface area contributed by atoms with E-state index in [1.807, 2.05) is 13.0 Å². The molecule has 0 fully saturated rings. The highest BCUT2D eigenvalue weighted by Crippen LogP contribution is 2.03. The number of aromatic nitrogens is 1. The first-order valence-electron chi connectivity index (χ1n) is 4.75. The number of hydrogen-bond donors (Lipinski definition) is 1. The third-order valence-corrected chi connectivity index (χ3v) is 2.02. The van der Waals surface area contributed by atoms with Crippen molar-refractivity contribution in [2.24, 2.45) is 0 Å². The van der Waals surface area contributed by atoms with Crippen LogP contribution in [0.25, 0.3) is 0 Å². The van der Waals surface area contributed by atoms with Gasteiger partial charge in [0, 0.05) is 18.9 Å². The Balaban J connectivity index is 2.47. The number of amides is 1. The molecule has 0 aliphatic rings. The van der Waals surface area contributed by atoms with Gasteiger partial charge in [-0.1, -0.05) is 0 Å². The summed E-state index contributed by atoms with van der Waals surface area (Å²) < 4.78 is 0. The van der Waals surface area contributed by atoms with Crippen molar-refractivity contribution < 1.29 is 9.59 Å². The summed E-state index contributed by atoms with van der Waals surface area (Å²) in [5.74, 6) is -0.363. The molecular weight excluding hydrogens is 192 g/mol. The number of ketones is 1. The van der Waals surface area contributed by atoms with Crippen LogP contribution in [0, 0.1) is 6.92 Å². The van der Waals surface area contributed by atoms with E-state index in [1.165, 1.54) is 6.92 Å². The van der Waals surface area contributed by atoms with E-state index in [0.717, 1.165) is 11.1 Å². The molecule has 0 aliphatic carbocycles. The van der Waals surface area contributed by atoms with E-state index in [2.05, 4.69) is 10.3 Å². The molecule has 1 heterocycles. The van der Waals surface area contributed by atoms with Crippen LogP contribution in [-0.4, -0.2) is 16.7 Å². The zero-order valence-electron chi connectivity index (χ0n) is 8.91. The molecule has 1 aromatic rings. The molecule has 0 unspecified atom stereocenters. The van der Waals surface area contributed by atoms with Gasteiger partial charge in [0.25, 0.3) is 0 Å². The lowest BCUT2D eigenvalue weighted by Crippen LogP contribution is -2.24. The molecule has 1 N–H and O–H groups in total. The molecule has 1 rings (SSSR count). The van der Waals surface area contributed by atoms with Gasteiger partial charge >= 0.3 is 0 Å². The summed E-state index contributed by atoms with van der Waals surface area (Å²) in [6.07, 6.45) is 3.37. The van der Waals surface area contributed by atoms with Gasteiger partial charge in [0.05, 0.1) is 6.42 Å². The highest BCUT2D eigenvalue weighted by atomic mass is 16.2. The molecule has 0 radical (unpaired) electrons. The maximum absolute atomic E-state index is 11.2. The Kier molecular flexibility index (Phi) is 3.97. The van der Waals surface area contributed by atoms with Crippen molar-refractivity contribution in [1.82, 2.24) is 10.3 Å². The first-order valence-corrected chi connectivity index (χ1v) is 4.75. The van der Waals surface area contributed by atoms with Crippen molar-refractivity contribution in [3.8, 4) is 0 Å². The van der Waals surface area contributed by atoms with Crippen molar-refractivity contribution in [1.29, 1.82) is 0 Å². The second-order valence-electron chi connectivity index (χ2n) is 3.46. The van der Waals surface area contributed by atoms with Crippen LogP contribution in [0.1, 0.15) is 24.5 Å². The molecule has 0 saturated carbocycles. The Hall–Kier alpha value is -1.71. The van der Waals surface area contributed by atoms with Crippen LogP contribution >= 0.6 is 0 Å². The number of hydrogen-bond acceptors (Lipinski definition) is 3. The first kappa shape index (κ1) is 11.4. The van der Waals surface area contributed by atoms with Crippen LogP contribution in [0.15, 0.2) is 18.5 Å². The van der Waals surface area contributed by atoms with E-state index in [1.54, 1.807) is 12.4 Å².